The van der Waals surface area contributed by atoms with E-state index in [1.54, 1.807) is 0 Å². The first-order valence-corrected chi connectivity index (χ1v) is 10.3. The molecule has 0 aliphatic heterocycles. The lowest BCUT2D eigenvalue weighted by Gasteiger charge is -2.33. The molecule has 0 radical (unpaired) electrons. The highest BCUT2D eigenvalue weighted by atomic mass is 16.5. The van der Waals surface area contributed by atoms with Crippen molar-refractivity contribution in [2.24, 2.45) is 0 Å². The Hall–Kier alpha value is -2.46. The molecular weight excluding hydrogens is 352 g/mol. The van der Waals surface area contributed by atoms with Gasteiger partial charge in [-0.05, 0) is 39.7 Å². The van der Waals surface area contributed by atoms with Crippen molar-refractivity contribution in [1.82, 2.24) is 0 Å². The fourth-order valence-electron chi connectivity index (χ4n) is 4.36. The Morgan fingerprint density at radius 3 is 2.36 bits per heavy atom. The third kappa shape index (κ3) is 2.78. The van der Waals surface area contributed by atoms with Crippen LogP contribution in [0.5, 0.6) is 11.5 Å². The van der Waals surface area contributed by atoms with E-state index in [0.29, 0.717) is 26.4 Å². The summed E-state index contributed by atoms with van der Waals surface area (Å²) in [5, 5.41) is 2.28. The molecule has 148 valence electrons. The molecule has 0 aromatic heterocycles. The van der Waals surface area contributed by atoms with Crippen molar-refractivity contribution in [1.29, 1.82) is 0 Å². The number of ether oxygens (including phenoxy) is 4. The quantitative estimate of drug-likeness (QED) is 0.598. The SMILES string of the molecule is CCOC1=C2C=CCc3c(OCC)c(OCC)c4cccc(c4c32)C1OCC. The third-order valence-corrected chi connectivity index (χ3v) is 5.25. The van der Waals surface area contributed by atoms with Crippen LogP contribution in [-0.4, -0.2) is 26.4 Å². The lowest BCUT2D eigenvalue weighted by Crippen LogP contribution is -2.19. The van der Waals surface area contributed by atoms with Gasteiger partial charge in [-0.1, -0.05) is 30.4 Å². The third-order valence-electron chi connectivity index (χ3n) is 5.25. The average Bonchev–Trinajstić information content (AvgIpc) is 2.72. The zero-order chi connectivity index (χ0) is 19.7. The summed E-state index contributed by atoms with van der Waals surface area (Å²) in [4.78, 5) is 0. The molecule has 4 nitrogen and oxygen atoms in total. The van der Waals surface area contributed by atoms with Gasteiger partial charge in [0.25, 0.3) is 0 Å². The molecule has 2 aliphatic carbocycles. The number of hydrogen-bond acceptors (Lipinski definition) is 4. The van der Waals surface area contributed by atoms with Gasteiger partial charge in [-0.25, -0.2) is 0 Å². The molecule has 2 aliphatic rings. The van der Waals surface area contributed by atoms with Crippen LogP contribution in [-0.2, 0) is 15.9 Å². The normalized spacial score (nSPS) is 17.2. The lowest BCUT2D eigenvalue weighted by atomic mass is 9.79. The molecule has 0 saturated heterocycles. The monoisotopic (exact) mass is 380 g/mol. The number of benzene rings is 2. The van der Waals surface area contributed by atoms with E-state index in [4.69, 9.17) is 18.9 Å². The Bertz CT molecular complexity index is 955. The van der Waals surface area contributed by atoms with Gasteiger partial charge in [0.05, 0.1) is 19.8 Å². The Morgan fingerprint density at radius 1 is 0.893 bits per heavy atom. The molecule has 0 fully saturated rings. The predicted molar refractivity (Wildman–Crippen MR) is 112 cm³/mol. The van der Waals surface area contributed by atoms with Gasteiger partial charge in [0.15, 0.2) is 11.5 Å². The molecule has 0 saturated carbocycles. The standard InChI is InChI=1S/C24H28O4/c1-5-25-21-15-11-9-13-17-19(15)20-16(22(21)26-6-2)12-10-14-18(20)24(28-8-4)23(17)27-7-3/h9-13,21H,5-8,14H2,1-4H3. The minimum atomic E-state index is -0.209. The Balaban J connectivity index is 2.13. The molecule has 2 aromatic rings. The van der Waals surface area contributed by atoms with Gasteiger partial charge in [0.2, 0.25) is 0 Å². The van der Waals surface area contributed by atoms with Crippen LogP contribution < -0.4 is 9.47 Å². The lowest BCUT2D eigenvalue weighted by molar-refractivity contribution is 0.0390. The van der Waals surface area contributed by atoms with E-state index in [1.165, 1.54) is 16.5 Å². The highest BCUT2D eigenvalue weighted by Crippen LogP contribution is 2.53. The Labute approximate surface area is 166 Å². The van der Waals surface area contributed by atoms with Crippen LogP contribution in [0.15, 0.2) is 36.1 Å². The van der Waals surface area contributed by atoms with E-state index in [-0.39, 0.29) is 6.10 Å². The second-order valence-electron chi connectivity index (χ2n) is 6.80. The summed E-state index contributed by atoms with van der Waals surface area (Å²) in [5.74, 6) is 2.59. The van der Waals surface area contributed by atoms with E-state index in [2.05, 4.69) is 30.4 Å². The number of allylic oxidation sites excluding steroid dienone is 3. The summed E-state index contributed by atoms with van der Waals surface area (Å²) in [6.07, 6.45) is 4.96. The second-order valence-corrected chi connectivity index (χ2v) is 6.80. The van der Waals surface area contributed by atoms with E-state index in [9.17, 15) is 0 Å². The Kier molecular flexibility index (Phi) is 5.31. The summed E-state index contributed by atoms with van der Waals surface area (Å²) in [6, 6.07) is 6.34. The van der Waals surface area contributed by atoms with Crippen LogP contribution in [0.25, 0.3) is 16.3 Å². The van der Waals surface area contributed by atoms with Crippen molar-refractivity contribution in [3.05, 3.63) is 52.8 Å². The first kappa shape index (κ1) is 18.9. The molecule has 2 aromatic carbocycles. The smallest absolute Gasteiger partial charge is 0.169 e. The zero-order valence-corrected chi connectivity index (χ0v) is 17.1. The van der Waals surface area contributed by atoms with Gasteiger partial charge in [-0.15, -0.1) is 0 Å². The van der Waals surface area contributed by atoms with Crippen molar-refractivity contribution >= 4 is 16.3 Å². The van der Waals surface area contributed by atoms with Gasteiger partial charge in [-0.2, -0.15) is 0 Å². The van der Waals surface area contributed by atoms with E-state index >= 15 is 0 Å². The minimum Gasteiger partial charge on any atom is -0.494 e. The average molecular weight is 380 g/mol. The molecule has 4 heteroatoms. The van der Waals surface area contributed by atoms with Crippen molar-refractivity contribution in [3.8, 4) is 11.5 Å². The van der Waals surface area contributed by atoms with Crippen molar-refractivity contribution < 1.29 is 18.9 Å². The largest absolute Gasteiger partial charge is 0.494 e. The van der Waals surface area contributed by atoms with Gasteiger partial charge in [0, 0.05) is 34.1 Å². The summed E-state index contributed by atoms with van der Waals surface area (Å²) in [6.45, 7) is 10.5. The van der Waals surface area contributed by atoms with Crippen LogP contribution in [0.1, 0.15) is 50.5 Å². The molecule has 0 heterocycles. The van der Waals surface area contributed by atoms with Crippen molar-refractivity contribution in [2.75, 3.05) is 26.4 Å². The topological polar surface area (TPSA) is 36.9 Å². The molecule has 1 atom stereocenters. The summed E-state index contributed by atoms with van der Waals surface area (Å²) < 4.78 is 24.6. The molecule has 0 amide bonds. The number of hydrogen-bond donors (Lipinski definition) is 0. The fraction of sp³-hybridized carbons (Fsp3) is 0.417. The molecule has 0 spiro atoms. The second kappa shape index (κ2) is 7.88. The van der Waals surface area contributed by atoms with Crippen molar-refractivity contribution in [2.45, 2.75) is 40.2 Å². The van der Waals surface area contributed by atoms with E-state index in [1.807, 2.05) is 27.7 Å². The van der Waals surface area contributed by atoms with Gasteiger partial charge in [-0.3, -0.25) is 0 Å². The van der Waals surface area contributed by atoms with Crippen LogP contribution in [0.2, 0.25) is 0 Å². The summed E-state index contributed by atoms with van der Waals surface area (Å²) in [5.41, 5.74) is 4.63. The van der Waals surface area contributed by atoms with Crippen LogP contribution in [0, 0.1) is 0 Å². The van der Waals surface area contributed by atoms with Gasteiger partial charge < -0.3 is 18.9 Å². The predicted octanol–water partition coefficient (Wildman–Crippen LogP) is 5.59. The first-order valence-electron chi connectivity index (χ1n) is 10.3. The molecule has 4 rings (SSSR count). The fourth-order valence-corrected chi connectivity index (χ4v) is 4.36. The van der Waals surface area contributed by atoms with E-state index in [0.717, 1.165) is 40.2 Å². The highest BCUT2D eigenvalue weighted by molar-refractivity contribution is 6.07. The van der Waals surface area contributed by atoms with Crippen LogP contribution in [0.3, 0.4) is 0 Å². The molecular formula is C24H28O4. The summed E-state index contributed by atoms with van der Waals surface area (Å²) >= 11 is 0. The van der Waals surface area contributed by atoms with E-state index < -0.39 is 0 Å². The van der Waals surface area contributed by atoms with Crippen molar-refractivity contribution in [3.63, 3.8) is 0 Å². The highest BCUT2D eigenvalue weighted by Gasteiger charge is 2.36. The number of rotatable bonds is 8. The summed E-state index contributed by atoms with van der Waals surface area (Å²) in [7, 11) is 0. The molecule has 28 heavy (non-hydrogen) atoms. The molecule has 0 bridgehead atoms. The maximum Gasteiger partial charge on any atom is 0.169 e. The Morgan fingerprint density at radius 2 is 1.64 bits per heavy atom. The maximum absolute atomic E-state index is 6.18. The van der Waals surface area contributed by atoms with Crippen LogP contribution >= 0.6 is 0 Å². The zero-order valence-electron chi connectivity index (χ0n) is 17.1. The molecule has 0 N–H and O–H groups in total. The first-order chi connectivity index (χ1) is 13.8. The minimum absolute atomic E-state index is 0.209. The maximum atomic E-state index is 6.18. The molecule has 1 unspecified atom stereocenters. The van der Waals surface area contributed by atoms with Crippen LogP contribution in [0.4, 0.5) is 0 Å². The van der Waals surface area contributed by atoms with Gasteiger partial charge in [0.1, 0.15) is 11.9 Å². The van der Waals surface area contributed by atoms with Gasteiger partial charge >= 0.3 is 0 Å².